The molecule has 1 saturated carbocycles. The van der Waals surface area contributed by atoms with Gasteiger partial charge in [-0.1, -0.05) is 25.7 Å². The minimum Gasteiger partial charge on any atom is -0.320 e. The molecular formula is C11H24N2O2S. The minimum absolute atomic E-state index is 0.235. The van der Waals surface area contributed by atoms with Crippen molar-refractivity contribution in [2.45, 2.75) is 38.5 Å². The SMILES string of the molecule is CNCCCS(=O)(=O)NCCC1CCCC1. The van der Waals surface area contributed by atoms with Crippen LogP contribution in [0.4, 0.5) is 0 Å². The molecule has 0 aliphatic heterocycles. The van der Waals surface area contributed by atoms with E-state index in [-0.39, 0.29) is 5.75 Å². The molecule has 96 valence electrons. The minimum atomic E-state index is -3.04. The van der Waals surface area contributed by atoms with Gasteiger partial charge in [-0.05, 0) is 32.4 Å². The first kappa shape index (κ1) is 13.9. The highest BCUT2D eigenvalue weighted by Gasteiger charge is 2.16. The first-order valence-corrected chi connectivity index (χ1v) is 7.91. The molecule has 0 amide bonds. The van der Waals surface area contributed by atoms with Crippen LogP contribution in [-0.2, 0) is 10.0 Å². The van der Waals surface area contributed by atoms with Crippen LogP contribution in [0.15, 0.2) is 0 Å². The Hall–Kier alpha value is -0.130. The van der Waals surface area contributed by atoms with Crippen LogP contribution in [0, 0.1) is 5.92 Å². The molecule has 16 heavy (non-hydrogen) atoms. The van der Waals surface area contributed by atoms with Crippen LogP contribution < -0.4 is 10.0 Å². The molecule has 1 aliphatic carbocycles. The third-order valence-corrected chi connectivity index (χ3v) is 4.66. The van der Waals surface area contributed by atoms with Gasteiger partial charge in [0.1, 0.15) is 0 Å². The zero-order valence-electron chi connectivity index (χ0n) is 10.2. The molecule has 0 unspecified atom stereocenters. The molecule has 0 spiro atoms. The molecule has 2 N–H and O–H groups in total. The van der Waals surface area contributed by atoms with Crippen LogP contribution in [0.25, 0.3) is 0 Å². The van der Waals surface area contributed by atoms with E-state index in [9.17, 15) is 8.42 Å². The van der Waals surface area contributed by atoms with Gasteiger partial charge < -0.3 is 5.32 Å². The normalized spacial score (nSPS) is 18.1. The summed E-state index contributed by atoms with van der Waals surface area (Å²) in [6.07, 6.45) is 6.88. The topological polar surface area (TPSA) is 58.2 Å². The van der Waals surface area contributed by atoms with E-state index >= 15 is 0 Å². The first-order valence-electron chi connectivity index (χ1n) is 6.26. The summed E-state index contributed by atoms with van der Waals surface area (Å²) >= 11 is 0. The van der Waals surface area contributed by atoms with Gasteiger partial charge >= 0.3 is 0 Å². The Morgan fingerprint density at radius 3 is 2.50 bits per heavy atom. The Morgan fingerprint density at radius 2 is 1.88 bits per heavy atom. The van der Waals surface area contributed by atoms with E-state index in [0.29, 0.717) is 13.0 Å². The molecule has 1 aliphatic rings. The molecule has 1 rings (SSSR count). The van der Waals surface area contributed by atoms with Crippen molar-refractivity contribution in [3.63, 3.8) is 0 Å². The average molecular weight is 248 g/mol. The molecule has 0 atom stereocenters. The molecule has 4 nitrogen and oxygen atoms in total. The van der Waals surface area contributed by atoms with Gasteiger partial charge in [-0.25, -0.2) is 13.1 Å². The van der Waals surface area contributed by atoms with Crippen molar-refractivity contribution in [1.82, 2.24) is 10.0 Å². The van der Waals surface area contributed by atoms with E-state index in [1.165, 1.54) is 25.7 Å². The summed E-state index contributed by atoms with van der Waals surface area (Å²) in [5.41, 5.74) is 0. The molecule has 0 aromatic rings. The number of hydrogen-bond acceptors (Lipinski definition) is 3. The predicted molar refractivity (Wildman–Crippen MR) is 66.9 cm³/mol. The van der Waals surface area contributed by atoms with Gasteiger partial charge in [0.05, 0.1) is 5.75 Å². The Kier molecular flexibility index (Phi) is 6.31. The van der Waals surface area contributed by atoms with Gasteiger partial charge in [-0.15, -0.1) is 0 Å². The van der Waals surface area contributed by atoms with Crippen LogP contribution in [0.1, 0.15) is 38.5 Å². The molecule has 1 fully saturated rings. The molecule has 5 heteroatoms. The number of sulfonamides is 1. The fraction of sp³-hybridized carbons (Fsp3) is 1.00. The Balaban J connectivity index is 2.09. The zero-order chi connectivity index (χ0) is 11.9. The van der Waals surface area contributed by atoms with Crippen molar-refractivity contribution < 1.29 is 8.42 Å². The quantitative estimate of drug-likeness (QED) is 0.632. The highest BCUT2D eigenvalue weighted by atomic mass is 32.2. The lowest BCUT2D eigenvalue weighted by atomic mass is 10.1. The van der Waals surface area contributed by atoms with Gasteiger partial charge in [0.2, 0.25) is 10.0 Å². The van der Waals surface area contributed by atoms with Crippen molar-refractivity contribution in [1.29, 1.82) is 0 Å². The van der Waals surface area contributed by atoms with E-state index in [1.54, 1.807) is 0 Å². The molecule has 0 saturated heterocycles. The summed E-state index contributed by atoms with van der Waals surface area (Å²) in [7, 11) is -1.20. The highest BCUT2D eigenvalue weighted by Crippen LogP contribution is 2.26. The number of rotatable bonds is 8. The molecule has 0 aromatic heterocycles. The van der Waals surface area contributed by atoms with E-state index in [4.69, 9.17) is 0 Å². The van der Waals surface area contributed by atoms with Crippen LogP contribution >= 0.6 is 0 Å². The second-order valence-electron chi connectivity index (χ2n) is 4.61. The third kappa shape index (κ3) is 5.82. The van der Waals surface area contributed by atoms with Gasteiger partial charge in [-0.2, -0.15) is 0 Å². The summed E-state index contributed by atoms with van der Waals surface area (Å²) in [4.78, 5) is 0. The Bertz CT molecular complexity index is 272. The van der Waals surface area contributed by atoms with Crippen molar-refractivity contribution in [2.75, 3.05) is 25.9 Å². The summed E-state index contributed by atoms with van der Waals surface area (Å²) in [6.45, 7) is 1.37. The maximum Gasteiger partial charge on any atom is 0.211 e. The van der Waals surface area contributed by atoms with Crippen molar-refractivity contribution in [3.05, 3.63) is 0 Å². The summed E-state index contributed by atoms with van der Waals surface area (Å²) in [5, 5.41) is 2.95. The Morgan fingerprint density at radius 1 is 1.19 bits per heavy atom. The van der Waals surface area contributed by atoms with E-state index in [0.717, 1.165) is 18.9 Å². The van der Waals surface area contributed by atoms with Crippen molar-refractivity contribution in [3.8, 4) is 0 Å². The first-order chi connectivity index (χ1) is 7.64. The second-order valence-corrected chi connectivity index (χ2v) is 6.54. The standard InChI is InChI=1S/C11H24N2O2S/c1-12-8-4-10-16(14,15)13-9-7-11-5-2-3-6-11/h11-13H,2-10H2,1H3. The predicted octanol–water partition coefficient (Wildman–Crippen LogP) is 1.10. The lowest BCUT2D eigenvalue weighted by Gasteiger charge is -2.10. The summed E-state index contributed by atoms with van der Waals surface area (Å²) < 4.78 is 25.8. The van der Waals surface area contributed by atoms with Gasteiger partial charge in [0.25, 0.3) is 0 Å². The van der Waals surface area contributed by atoms with E-state index in [2.05, 4.69) is 10.0 Å². The van der Waals surface area contributed by atoms with Gasteiger partial charge in [0, 0.05) is 6.54 Å². The van der Waals surface area contributed by atoms with Crippen LogP contribution in [0.2, 0.25) is 0 Å². The van der Waals surface area contributed by atoms with Gasteiger partial charge in [0.15, 0.2) is 0 Å². The van der Waals surface area contributed by atoms with Crippen molar-refractivity contribution in [2.24, 2.45) is 5.92 Å². The molecule has 0 radical (unpaired) electrons. The molecule has 0 heterocycles. The fourth-order valence-corrected chi connectivity index (χ4v) is 3.33. The largest absolute Gasteiger partial charge is 0.320 e. The lowest BCUT2D eigenvalue weighted by Crippen LogP contribution is -2.29. The maximum atomic E-state index is 11.5. The Labute approximate surface area is 99.2 Å². The van der Waals surface area contributed by atoms with Crippen molar-refractivity contribution >= 4 is 10.0 Å². The van der Waals surface area contributed by atoms with E-state index in [1.807, 2.05) is 7.05 Å². The molecule has 0 aromatic carbocycles. The van der Waals surface area contributed by atoms with Crippen LogP contribution in [0.5, 0.6) is 0 Å². The summed E-state index contributed by atoms with van der Waals surface area (Å²) in [6, 6.07) is 0. The highest BCUT2D eigenvalue weighted by molar-refractivity contribution is 7.89. The zero-order valence-corrected chi connectivity index (χ0v) is 11.0. The maximum absolute atomic E-state index is 11.5. The number of hydrogen-bond donors (Lipinski definition) is 2. The number of nitrogens with one attached hydrogen (secondary N) is 2. The fourth-order valence-electron chi connectivity index (χ4n) is 2.23. The monoisotopic (exact) mass is 248 g/mol. The van der Waals surface area contributed by atoms with E-state index < -0.39 is 10.0 Å². The van der Waals surface area contributed by atoms with Crippen LogP contribution in [0.3, 0.4) is 0 Å². The molecular weight excluding hydrogens is 224 g/mol. The average Bonchev–Trinajstić information content (AvgIpc) is 2.70. The lowest BCUT2D eigenvalue weighted by molar-refractivity contribution is 0.495. The van der Waals surface area contributed by atoms with Crippen LogP contribution in [-0.4, -0.2) is 34.3 Å². The second kappa shape index (κ2) is 7.25. The smallest absolute Gasteiger partial charge is 0.211 e. The van der Waals surface area contributed by atoms with Gasteiger partial charge in [-0.3, -0.25) is 0 Å². The molecule has 0 bridgehead atoms. The third-order valence-electron chi connectivity index (χ3n) is 3.19. The summed E-state index contributed by atoms with van der Waals surface area (Å²) in [5.74, 6) is 0.985.